The Morgan fingerprint density at radius 2 is 2.29 bits per heavy atom. The molecule has 0 atom stereocenters. The molecule has 1 aliphatic carbocycles. The van der Waals surface area contributed by atoms with Crippen molar-refractivity contribution in [3.05, 3.63) is 0 Å². The molecule has 96 valence electrons. The van der Waals surface area contributed by atoms with Crippen LogP contribution in [0.2, 0.25) is 0 Å². The van der Waals surface area contributed by atoms with Gasteiger partial charge in [-0.3, -0.25) is 0 Å². The summed E-state index contributed by atoms with van der Waals surface area (Å²) < 4.78 is 9.79. The fourth-order valence-corrected chi connectivity index (χ4v) is 2.43. The number of nitrogen functional groups attached to an aromatic ring is 1. The van der Waals surface area contributed by atoms with Crippen molar-refractivity contribution < 1.29 is 4.74 Å². The summed E-state index contributed by atoms with van der Waals surface area (Å²) in [5.41, 5.74) is 5.79. The van der Waals surface area contributed by atoms with Crippen LogP contribution in [0.15, 0.2) is 0 Å². The van der Waals surface area contributed by atoms with E-state index in [0.717, 1.165) is 23.2 Å². The van der Waals surface area contributed by atoms with Crippen LogP contribution in [-0.4, -0.2) is 17.0 Å². The van der Waals surface area contributed by atoms with E-state index in [-0.39, 0.29) is 6.10 Å². The minimum absolute atomic E-state index is 0.126. The molecule has 0 radical (unpaired) electrons. The molecule has 0 bridgehead atoms. The Balaban J connectivity index is 1.81. The van der Waals surface area contributed by atoms with Crippen LogP contribution in [0.3, 0.4) is 0 Å². The SMILES string of the molecule is CC(C)Oc1c(N)nsc1NCCCC1CC1. The molecule has 2 rings (SSSR count). The van der Waals surface area contributed by atoms with Gasteiger partial charge in [-0.1, -0.05) is 12.8 Å². The number of hydrogen-bond donors (Lipinski definition) is 2. The second kappa shape index (κ2) is 5.58. The minimum atomic E-state index is 0.126. The standard InChI is InChI=1S/C12H21N3OS/c1-8(2)16-10-11(13)15-17-12(10)14-7-3-4-9-5-6-9/h8-9,14H,3-7H2,1-2H3,(H2,13,15). The summed E-state index contributed by atoms with van der Waals surface area (Å²) in [6.07, 6.45) is 5.52. The molecule has 0 saturated heterocycles. The molecule has 1 fully saturated rings. The molecule has 1 saturated carbocycles. The topological polar surface area (TPSA) is 60.2 Å². The average molecular weight is 255 g/mol. The zero-order valence-corrected chi connectivity index (χ0v) is 11.3. The van der Waals surface area contributed by atoms with Gasteiger partial charge in [-0.25, -0.2) is 0 Å². The van der Waals surface area contributed by atoms with E-state index < -0.39 is 0 Å². The van der Waals surface area contributed by atoms with Crippen LogP contribution >= 0.6 is 11.5 Å². The highest BCUT2D eigenvalue weighted by molar-refractivity contribution is 7.11. The quantitative estimate of drug-likeness (QED) is 0.735. The van der Waals surface area contributed by atoms with Crippen molar-refractivity contribution in [2.75, 3.05) is 17.6 Å². The highest BCUT2D eigenvalue weighted by Crippen LogP contribution is 2.36. The van der Waals surface area contributed by atoms with Crippen molar-refractivity contribution in [1.82, 2.24) is 4.37 Å². The molecular formula is C12H21N3OS. The van der Waals surface area contributed by atoms with E-state index >= 15 is 0 Å². The van der Waals surface area contributed by atoms with E-state index in [4.69, 9.17) is 10.5 Å². The largest absolute Gasteiger partial charge is 0.484 e. The number of ether oxygens (including phenoxy) is 1. The van der Waals surface area contributed by atoms with Crippen molar-refractivity contribution in [1.29, 1.82) is 0 Å². The fourth-order valence-electron chi connectivity index (χ4n) is 1.76. The van der Waals surface area contributed by atoms with Gasteiger partial charge in [0, 0.05) is 6.54 Å². The zero-order chi connectivity index (χ0) is 12.3. The van der Waals surface area contributed by atoms with Gasteiger partial charge in [0.15, 0.2) is 16.6 Å². The Bertz CT molecular complexity index is 361. The lowest BCUT2D eigenvalue weighted by Crippen LogP contribution is -2.09. The second-order valence-electron chi connectivity index (χ2n) is 4.91. The molecule has 0 aliphatic heterocycles. The number of nitrogens with one attached hydrogen (secondary N) is 1. The van der Waals surface area contributed by atoms with E-state index in [2.05, 4.69) is 9.69 Å². The van der Waals surface area contributed by atoms with Crippen LogP contribution in [0.1, 0.15) is 39.5 Å². The highest BCUT2D eigenvalue weighted by Gasteiger charge is 2.20. The number of nitrogens with two attached hydrogens (primary N) is 1. The number of nitrogens with zero attached hydrogens (tertiary/aromatic N) is 1. The van der Waals surface area contributed by atoms with Gasteiger partial charge in [-0.2, -0.15) is 4.37 Å². The van der Waals surface area contributed by atoms with E-state index in [0.29, 0.717) is 5.82 Å². The number of anilines is 2. The highest BCUT2D eigenvalue weighted by atomic mass is 32.1. The maximum atomic E-state index is 5.79. The first-order valence-electron chi connectivity index (χ1n) is 6.32. The zero-order valence-electron chi connectivity index (χ0n) is 10.5. The predicted molar refractivity (Wildman–Crippen MR) is 72.7 cm³/mol. The normalized spacial score (nSPS) is 15.2. The lowest BCUT2D eigenvalue weighted by atomic mass is 10.2. The van der Waals surface area contributed by atoms with Crippen molar-refractivity contribution in [2.45, 2.75) is 45.6 Å². The predicted octanol–water partition coefficient (Wildman–Crippen LogP) is 3.11. The summed E-state index contributed by atoms with van der Waals surface area (Å²) in [4.78, 5) is 0. The van der Waals surface area contributed by atoms with Gasteiger partial charge in [-0.05, 0) is 44.1 Å². The van der Waals surface area contributed by atoms with Crippen LogP contribution < -0.4 is 15.8 Å². The third-order valence-corrected chi connectivity index (χ3v) is 3.60. The molecule has 3 N–H and O–H groups in total. The van der Waals surface area contributed by atoms with Crippen LogP contribution in [0.25, 0.3) is 0 Å². The van der Waals surface area contributed by atoms with Gasteiger partial charge in [0.05, 0.1) is 6.10 Å². The van der Waals surface area contributed by atoms with Gasteiger partial charge in [0.25, 0.3) is 0 Å². The van der Waals surface area contributed by atoms with E-state index in [1.165, 1.54) is 37.2 Å². The molecule has 1 aliphatic rings. The summed E-state index contributed by atoms with van der Waals surface area (Å²) in [7, 11) is 0. The minimum Gasteiger partial charge on any atom is -0.484 e. The van der Waals surface area contributed by atoms with Crippen LogP contribution in [0, 0.1) is 5.92 Å². The van der Waals surface area contributed by atoms with E-state index in [9.17, 15) is 0 Å². The van der Waals surface area contributed by atoms with Gasteiger partial charge in [0.2, 0.25) is 0 Å². The van der Waals surface area contributed by atoms with Crippen molar-refractivity contribution in [3.8, 4) is 5.75 Å². The molecule has 17 heavy (non-hydrogen) atoms. The van der Waals surface area contributed by atoms with Crippen LogP contribution in [0.4, 0.5) is 10.8 Å². The molecule has 4 nitrogen and oxygen atoms in total. The lowest BCUT2D eigenvalue weighted by molar-refractivity contribution is 0.245. The maximum Gasteiger partial charge on any atom is 0.197 e. The summed E-state index contributed by atoms with van der Waals surface area (Å²) in [5.74, 6) is 2.21. The van der Waals surface area contributed by atoms with Crippen LogP contribution in [-0.2, 0) is 0 Å². The number of rotatable bonds is 7. The van der Waals surface area contributed by atoms with Crippen molar-refractivity contribution in [3.63, 3.8) is 0 Å². The monoisotopic (exact) mass is 255 g/mol. The van der Waals surface area contributed by atoms with E-state index in [1.54, 1.807) is 0 Å². The average Bonchev–Trinajstić information content (AvgIpc) is 3.03. The first kappa shape index (κ1) is 12.5. The summed E-state index contributed by atoms with van der Waals surface area (Å²) in [6, 6.07) is 0. The number of hydrogen-bond acceptors (Lipinski definition) is 5. The third-order valence-electron chi connectivity index (χ3n) is 2.80. The van der Waals surface area contributed by atoms with Gasteiger partial charge in [0.1, 0.15) is 0 Å². The molecular weight excluding hydrogens is 234 g/mol. The third kappa shape index (κ3) is 3.77. The molecule has 0 amide bonds. The smallest absolute Gasteiger partial charge is 0.197 e. The summed E-state index contributed by atoms with van der Waals surface area (Å²) in [5, 5.41) is 4.34. The van der Waals surface area contributed by atoms with Crippen molar-refractivity contribution >= 4 is 22.4 Å². The maximum absolute atomic E-state index is 5.79. The Hall–Kier alpha value is -0.970. The Morgan fingerprint density at radius 1 is 1.53 bits per heavy atom. The summed E-state index contributed by atoms with van der Waals surface area (Å²) >= 11 is 1.38. The first-order valence-corrected chi connectivity index (χ1v) is 7.10. The number of aromatic nitrogens is 1. The van der Waals surface area contributed by atoms with E-state index in [1.807, 2.05) is 13.8 Å². The van der Waals surface area contributed by atoms with Gasteiger partial charge < -0.3 is 15.8 Å². The molecule has 1 aromatic heterocycles. The van der Waals surface area contributed by atoms with Gasteiger partial charge in [-0.15, -0.1) is 0 Å². The Morgan fingerprint density at radius 3 is 2.94 bits per heavy atom. The van der Waals surface area contributed by atoms with Gasteiger partial charge >= 0.3 is 0 Å². The Kier molecular flexibility index (Phi) is 4.10. The molecule has 1 aromatic rings. The Labute approximate surface area is 107 Å². The molecule has 0 unspecified atom stereocenters. The van der Waals surface area contributed by atoms with Crippen molar-refractivity contribution in [2.24, 2.45) is 5.92 Å². The molecule has 0 spiro atoms. The molecule has 0 aromatic carbocycles. The lowest BCUT2D eigenvalue weighted by Gasteiger charge is -2.11. The van der Waals surface area contributed by atoms with Crippen LogP contribution in [0.5, 0.6) is 5.75 Å². The second-order valence-corrected chi connectivity index (χ2v) is 5.68. The fraction of sp³-hybridized carbons (Fsp3) is 0.750. The molecule has 5 heteroatoms. The molecule has 1 heterocycles. The summed E-state index contributed by atoms with van der Waals surface area (Å²) in [6.45, 7) is 4.97. The first-order chi connectivity index (χ1) is 8.16.